The number of piperazine rings is 1. The van der Waals surface area contributed by atoms with E-state index >= 15 is 0 Å². The van der Waals surface area contributed by atoms with E-state index < -0.39 is 0 Å². The predicted molar refractivity (Wildman–Crippen MR) is 151 cm³/mol. The summed E-state index contributed by atoms with van der Waals surface area (Å²) in [5.74, 6) is 1.20. The molecule has 0 saturated carbocycles. The highest BCUT2D eigenvalue weighted by Crippen LogP contribution is 2.35. The number of ether oxygens (including phenoxy) is 1. The standard InChI is InChI=1S/C29H29N9O2/c1-30-20-7-8-22-24(17-20)37(19-32-22)28-31-18-25-27(33-28)38(23-9-16-40-26-6-4-3-5-21(23)26)29(39)36(25)15-14-35-12-10-34(2)11-13-35/h3-8,17-19,23H,9-16H2,2H3. The van der Waals surface area contributed by atoms with Crippen LogP contribution in [-0.4, -0.2) is 84.8 Å². The van der Waals surface area contributed by atoms with Gasteiger partial charge in [0, 0.05) is 51.3 Å². The molecule has 3 aromatic heterocycles. The van der Waals surface area contributed by atoms with Gasteiger partial charge in [0.1, 0.15) is 17.6 Å². The van der Waals surface area contributed by atoms with Crippen LogP contribution in [0.3, 0.4) is 0 Å². The van der Waals surface area contributed by atoms with Gasteiger partial charge >= 0.3 is 5.69 Å². The fourth-order valence-corrected chi connectivity index (χ4v) is 5.79. The van der Waals surface area contributed by atoms with Gasteiger partial charge < -0.3 is 9.64 Å². The van der Waals surface area contributed by atoms with Crippen molar-refractivity contribution < 1.29 is 4.74 Å². The van der Waals surface area contributed by atoms with E-state index in [1.165, 1.54) is 0 Å². The second kappa shape index (κ2) is 9.89. The van der Waals surface area contributed by atoms with Crippen molar-refractivity contribution in [3.05, 3.63) is 82.5 Å². The number of benzene rings is 2. The number of fused-ring (bicyclic) bond motifs is 3. The maximum absolute atomic E-state index is 14.2. The average molecular weight is 536 g/mol. The summed E-state index contributed by atoms with van der Waals surface area (Å²) < 4.78 is 11.3. The lowest BCUT2D eigenvalue weighted by atomic mass is 10.0. The Labute approximate surface area is 230 Å². The van der Waals surface area contributed by atoms with Crippen LogP contribution in [-0.2, 0) is 6.54 Å². The Bertz CT molecular complexity index is 1820. The molecular weight excluding hydrogens is 506 g/mol. The largest absolute Gasteiger partial charge is 0.493 e. The van der Waals surface area contributed by atoms with E-state index in [1.54, 1.807) is 29.2 Å². The quantitative estimate of drug-likeness (QED) is 0.320. The molecule has 1 fully saturated rings. The van der Waals surface area contributed by atoms with Gasteiger partial charge in [0.05, 0.1) is 36.5 Å². The summed E-state index contributed by atoms with van der Waals surface area (Å²) >= 11 is 0. The number of hydrogen-bond acceptors (Lipinski definition) is 7. The van der Waals surface area contributed by atoms with Crippen molar-refractivity contribution >= 4 is 27.9 Å². The maximum atomic E-state index is 14.2. The van der Waals surface area contributed by atoms with Gasteiger partial charge in [-0.15, -0.1) is 0 Å². The highest BCUT2D eigenvalue weighted by molar-refractivity contribution is 5.81. The molecule has 0 aliphatic carbocycles. The highest BCUT2D eigenvalue weighted by Gasteiger charge is 2.29. The average Bonchev–Trinajstić information content (AvgIpc) is 3.53. The molecule has 1 atom stereocenters. The van der Waals surface area contributed by atoms with Gasteiger partial charge in [-0.1, -0.05) is 24.3 Å². The van der Waals surface area contributed by atoms with Crippen molar-refractivity contribution in [2.75, 3.05) is 46.4 Å². The van der Waals surface area contributed by atoms with Crippen LogP contribution < -0.4 is 10.4 Å². The second-order valence-corrected chi connectivity index (χ2v) is 10.4. The Morgan fingerprint density at radius 1 is 1.05 bits per heavy atom. The van der Waals surface area contributed by atoms with Crippen molar-refractivity contribution in [3.8, 4) is 11.7 Å². The first-order valence-electron chi connectivity index (χ1n) is 13.6. The van der Waals surface area contributed by atoms with E-state index in [2.05, 4.69) is 31.7 Å². The number of likely N-dealkylation sites (N-methyl/N-ethyl adjacent to an activating group) is 1. The molecule has 2 aliphatic rings. The van der Waals surface area contributed by atoms with Crippen LogP contribution in [0.1, 0.15) is 18.0 Å². The molecule has 1 saturated heterocycles. The third kappa shape index (κ3) is 4.13. The number of aromatic nitrogens is 6. The fourth-order valence-electron chi connectivity index (χ4n) is 5.79. The van der Waals surface area contributed by atoms with E-state index in [1.807, 2.05) is 39.5 Å². The topological polar surface area (TPSA) is 90.6 Å². The van der Waals surface area contributed by atoms with Crippen LogP contribution in [0.25, 0.3) is 33.0 Å². The lowest BCUT2D eigenvalue weighted by molar-refractivity contribution is 0.150. The maximum Gasteiger partial charge on any atom is 0.330 e. The van der Waals surface area contributed by atoms with Crippen molar-refractivity contribution in [1.29, 1.82) is 0 Å². The first-order valence-corrected chi connectivity index (χ1v) is 13.6. The first kappa shape index (κ1) is 24.5. The molecule has 5 aromatic rings. The Hall–Kier alpha value is -4.53. The molecule has 1 unspecified atom stereocenters. The van der Waals surface area contributed by atoms with Gasteiger partial charge in [0.2, 0.25) is 5.95 Å². The lowest BCUT2D eigenvalue weighted by Gasteiger charge is -2.32. The second-order valence-electron chi connectivity index (χ2n) is 10.4. The van der Waals surface area contributed by atoms with Crippen LogP contribution >= 0.6 is 0 Å². The molecule has 0 radical (unpaired) electrons. The predicted octanol–water partition coefficient (Wildman–Crippen LogP) is 3.10. The molecule has 11 nitrogen and oxygen atoms in total. The molecule has 0 N–H and O–H groups in total. The lowest BCUT2D eigenvalue weighted by Crippen LogP contribution is -2.45. The molecule has 202 valence electrons. The van der Waals surface area contributed by atoms with E-state index in [-0.39, 0.29) is 11.7 Å². The van der Waals surface area contributed by atoms with Crippen LogP contribution in [0.2, 0.25) is 0 Å². The van der Waals surface area contributed by atoms with Gasteiger partial charge in [-0.2, -0.15) is 4.98 Å². The van der Waals surface area contributed by atoms with Crippen LogP contribution in [0.4, 0.5) is 5.69 Å². The number of hydrogen-bond donors (Lipinski definition) is 0. The Balaban J connectivity index is 1.36. The zero-order valence-corrected chi connectivity index (χ0v) is 22.3. The van der Waals surface area contributed by atoms with Gasteiger partial charge in [0.15, 0.2) is 11.3 Å². The molecule has 2 aliphatic heterocycles. The van der Waals surface area contributed by atoms with Gasteiger partial charge in [-0.05, 0) is 25.2 Å². The number of para-hydroxylation sites is 1. The SMILES string of the molecule is [C-]#[N+]c1ccc2ncn(-c3ncc4c(n3)n(C3CCOc5ccccc53)c(=O)n4CCN3CCN(C)CC3)c2c1. The van der Waals surface area contributed by atoms with E-state index in [9.17, 15) is 4.79 Å². The number of imidazole rings is 2. The number of nitrogens with zero attached hydrogens (tertiary/aromatic N) is 9. The Kier molecular flexibility index (Phi) is 6.06. The van der Waals surface area contributed by atoms with Crippen LogP contribution in [0, 0.1) is 6.57 Å². The Morgan fingerprint density at radius 2 is 1.90 bits per heavy atom. The summed E-state index contributed by atoms with van der Waals surface area (Å²) in [6.45, 7) is 13.3. The van der Waals surface area contributed by atoms with E-state index in [4.69, 9.17) is 16.3 Å². The molecule has 11 heteroatoms. The van der Waals surface area contributed by atoms with Gasteiger partial charge in [0.25, 0.3) is 0 Å². The highest BCUT2D eigenvalue weighted by atomic mass is 16.5. The summed E-state index contributed by atoms with van der Waals surface area (Å²) in [6, 6.07) is 13.0. The summed E-state index contributed by atoms with van der Waals surface area (Å²) in [7, 11) is 2.14. The molecule has 0 bridgehead atoms. The van der Waals surface area contributed by atoms with E-state index in [0.29, 0.717) is 42.4 Å². The smallest absolute Gasteiger partial charge is 0.330 e. The van der Waals surface area contributed by atoms with Crippen molar-refractivity contribution in [2.45, 2.75) is 19.0 Å². The zero-order chi connectivity index (χ0) is 27.2. The summed E-state index contributed by atoms with van der Waals surface area (Å²) in [5, 5.41) is 0. The number of rotatable bonds is 5. The molecule has 40 heavy (non-hydrogen) atoms. The summed E-state index contributed by atoms with van der Waals surface area (Å²) in [5.41, 5.74) is 4.17. The third-order valence-corrected chi connectivity index (χ3v) is 8.04. The fraction of sp³-hybridized carbons (Fsp3) is 0.345. The molecular formula is C29H29N9O2. The Morgan fingerprint density at radius 3 is 2.75 bits per heavy atom. The normalized spacial score (nSPS) is 18.1. The molecule has 7 rings (SSSR count). The summed E-state index contributed by atoms with van der Waals surface area (Å²) in [6.07, 6.45) is 4.07. The molecule has 0 amide bonds. The molecule has 2 aromatic carbocycles. The first-order chi connectivity index (χ1) is 19.6. The van der Waals surface area contributed by atoms with E-state index in [0.717, 1.165) is 55.1 Å². The summed E-state index contributed by atoms with van der Waals surface area (Å²) in [4.78, 5) is 36.6. The molecule has 5 heterocycles. The van der Waals surface area contributed by atoms with Gasteiger partial charge in [-0.25, -0.2) is 19.6 Å². The molecule has 0 spiro atoms. The van der Waals surface area contributed by atoms with Crippen LogP contribution in [0.15, 0.2) is 59.8 Å². The minimum atomic E-state index is -0.208. The van der Waals surface area contributed by atoms with Crippen molar-refractivity contribution in [3.63, 3.8) is 0 Å². The van der Waals surface area contributed by atoms with Crippen LogP contribution in [0.5, 0.6) is 5.75 Å². The van der Waals surface area contributed by atoms with Crippen molar-refractivity contribution in [1.82, 2.24) is 38.5 Å². The monoisotopic (exact) mass is 535 g/mol. The van der Waals surface area contributed by atoms with Gasteiger partial charge in [-0.3, -0.25) is 18.6 Å². The van der Waals surface area contributed by atoms with Crippen molar-refractivity contribution in [2.24, 2.45) is 0 Å². The third-order valence-electron chi connectivity index (χ3n) is 8.04. The minimum absolute atomic E-state index is 0.0944. The minimum Gasteiger partial charge on any atom is -0.493 e. The zero-order valence-electron chi connectivity index (χ0n) is 22.3.